The largest absolute Gasteiger partial charge is 0.493 e. The van der Waals surface area contributed by atoms with Gasteiger partial charge in [-0.1, -0.05) is 24.3 Å². The molecule has 0 atom stereocenters. The molecule has 0 unspecified atom stereocenters. The second-order valence-electron chi connectivity index (χ2n) is 6.68. The van der Waals surface area contributed by atoms with E-state index in [1.54, 1.807) is 36.4 Å². The number of benzene rings is 3. The summed E-state index contributed by atoms with van der Waals surface area (Å²) >= 11 is 0. The van der Waals surface area contributed by atoms with Gasteiger partial charge in [-0.2, -0.15) is 0 Å². The maximum Gasteiger partial charge on any atom is 0.363 e. The van der Waals surface area contributed by atoms with E-state index in [1.807, 2.05) is 0 Å². The van der Waals surface area contributed by atoms with Gasteiger partial charge in [0.25, 0.3) is 0 Å². The highest BCUT2D eigenvalue weighted by Gasteiger charge is 2.24. The van der Waals surface area contributed by atoms with Gasteiger partial charge >= 0.3 is 5.97 Å². The predicted octanol–water partition coefficient (Wildman–Crippen LogP) is 4.90. The van der Waals surface area contributed by atoms with E-state index in [2.05, 4.69) is 4.99 Å². The van der Waals surface area contributed by atoms with E-state index in [-0.39, 0.29) is 24.0 Å². The molecule has 0 fully saturated rings. The lowest BCUT2D eigenvalue weighted by Crippen LogP contribution is -2.05. The van der Waals surface area contributed by atoms with Crippen LogP contribution >= 0.6 is 0 Å². The average Bonchev–Trinajstić information content (AvgIpc) is 3.13. The number of hydrogen-bond donors (Lipinski definition) is 0. The van der Waals surface area contributed by atoms with Crippen LogP contribution in [-0.4, -0.2) is 19.0 Å². The fourth-order valence-electron chi connectivity index (χ4n) is 3.00. The van der Waals surface area contributed by atoms with E-state index >= 15 is 0 Å². The Labute approximate surface area is 177 Å². The summed E-state index contributed by atoms with van der Waals surface area (Å²) in [5, 5.41) is 0. The first-order valence-electron chi connectivity index (χ1n) is 9.35. The molecule has 4 rings (SSSR count). The minimum atomic E-state index is -0.641. The van der Waals surface area contributed by atoms with Crippen molar-refractivity contribution in [2.75, 3.05) is 7.11 Å². The van der Waals surface area contributed by atoms with Crippen LogP contribution in [0.1, 0.15) is 16.7 Å². The van der Waals surface area contributed by atoms with Crippen LogP contribution in [0.4, 0.5) is 8.78 Å². The number of methoxy groups -OCH3 is 1. The number of esters is 1. The summed E-state index contributed by atoms with van der Waals surface area (Å²) in [6, 6.07) is 16.8. The van der Waals surface area contributed by atoms with Crippen molar-refractivity contribution in [1.82, 2.24) is 0 Å². The molecule has 0 saturated carbocycles. The highest BCUT2D eigenvalue weighted by atomic mass is 19.1. The first kappa shape index (κ1) is 20.3. The van der Waals surface area contributed by atoms with Gasteiger partial charge in [0.2, 0.25) is 5.90 Å². The summed E-state index contributed by atoms with van der Waals surface area (Å²) in [6.45, 7) is 0.137. The van der Waals surface area contributed by atoms with Crippen molar-refractivity contribution in [3.8, 4) is 11.5 Å². The van der Waals surface area contributed by atoms with Crippen molar-refractivity contribution in [3.63, 3.8) is 0 Å². The van der Waals surface area contributed by atoms with Gasteiger partial charge in [0.1, 0.15) is 18.2 Å². The summed E-state index contributed by atoms with van der Waals surface area (Å²) in [5.74, 6) is -0.510. The molecule has 0 saturated heterocycles. The zero-order valence-electron chi connectivity index (χ0n) is 16.5. The van der Waals surface area contributed by atoms with Crippen molar-refractivity contribution < 1.29 is 27.8 Å². The second-order valence-corrected chi connectivity index (χ2v) is 6.68. The zero-order chi connectivity index (χ0) is 21.8. The van der Waals surface area contributed by atoms with Gasteiger partial charge in [0.15, 0.2) is 17.2 Å². The van der Waals surface area contributed by atoms with E-state index in [4.69, 9.17) is 14.2 Å². The zero-order valence-corrected chi connectivity index (χ0v) is 16.5. The molecule has 0 N–H and O–H groups in total. The summed E-state index contributed by atoms with van der Waals surface area (Å²) in [4.78, 5) is 16.4. The molecule has 0 radical (unpaired) electrons. The third-order valence-corrected chi connectivity index (χ3v) is 4.47. The smallest absolute Gasteiger partial charge is 0.363 e. The third kappa shape index (κ3) is 4.78. The van der Waals surface area contributed by atoms with Crippen LogP contribution in [0.2, 0.25) is 0 Å². The van der Waals surface area contributed by atoms with E-state index in [9.17, 15) is 13.6 Å². The number of rotatable bonds is 6. The molecule has 0 amide bonds. The van der Waals surface area contributed by atoms with Crippen molar-refractivity contribution in [1.29, 1.82) is 0 Å². The number of hydrogen-bond acceptors (Lipinski definition) is 5. The van der Waals surface area contributed by atoms with Gasteiger partial charge in [-0.05, 0) is 59.7 Å². The SMILES string of the molecule is COc1ccc(C=C2N=C(c3cccc(F)c3)OC2=O)cc1OCc1cccc(F)c1. The molecule has 7 heteroatoms. The van der Waals surface area contributed by atoms with Crippen LogP contribution < -0.4 is 9.47 Å². The topological polar surface area (TPSA) is 57.1 Å². The fraction of sp³-hybridized carbons (Fsp3) is 0.0833. The Hall–Kier alpha value is -4.00. The number of nitrogens with zero attached hydrogens (tertiary/aromatic N) is 1. The van der Waals surface area contributed by atoms with Gasteiger partial charge in [0, 0.05) is 5.56 Å². The Morgan fingerprint density at radius 2 is 1.74 bits per heavy atom. The van der Waals surface area contributed by atoms with Crippen molar-refractivity contribution in [2.45, 2.75) is 6.61 Å². The van der Waals surface area contributed by atoms with E-state index < -0.39 is 11.8 Å². The van der Waals surface area contributed by atoms with Gasteiger partial charge in [-0.3, -0.25) is 0 Å². The maximum absolute atomic E-state index is 13.4. The molecular formula is C24H17F2NO4. The number of carbonyl (C=O) groups is 1. The lowest BCUT2D eigenvalue weighted by Gasteiger charge is -2.11. The van der Waals surface area contributed by atoms with E-state index in [0.717, 1.165) is 0 Å². The second kappa shape index (κ2) is 8.79. The van der Waals surface area contributed by atoms with Crippen LogP contribution in [0.5, 0.6) is 11.5 Å². The Morgan fingerprint density at radius 1 is 0.968 bits per heavy atom. The molecule has 1 aliphatic rings. The molecule has 1 aliphatic heterocycles. The normalized spacial score (nSPS) is 14.4. The molecule has 3 aromatic carbocycles. The van der Waals surface area contributed by atoms with Crippen LogP contribution in [0.15, 0.2) is 77.4 Å². The number of aliphatic imine (C=N–C) groups is 1. The third-order valence-electron chi connectivity index (χ3n) is 4.47. The maximum atomic E-state index is 13.4. The predicted molar refractivity (Wildman–Crippen MR) is 111 cm³/mol. The number of carbonyl (C=O) groups excluding carboxylic acids is 1. The highest BCUT2D eigenvalue weighted by molar-refractivity contribution is 6.12. The Morgan fingerprint density at radius 3 is 2.48 bits per heavy atom. The summed E-state index contributed by atoms with van der Waals surface area (Å²) < 4.78 is 43.1. The van der Waals surface area contributed by atoms with Gasteiger partial charge in [0.05, 0.1) is 7.11 Å². The molecule has 0 aromatic heterocycles. The lowest BCUT2D eigenvalue weighted by molar-refractivity contribution is -0.129. The standard InChI is InChI=1S/C24H17F2NO4/c1-29-21-9-8-15(12-22(21)30-14-16-4-2-6-18(25)10-16)11-20-24(28)31-23(27-20)17-5-3-7-19(26)13-17/h2-13H,14H2,1H3. The highest BCUT2D eigenvalue weighted by Crippen LogP contribution is 2.30. The number of ether oxygens (including phenoxy) is 3. The molecule has 3 aromatic rings. The summed E-state index contributed by atoms with van der Waals surface area (Å²) in [6.07, 6.45) is 1.53. The molecule has 156 valence electrons. The first-order chi connectivity index (χ1) is 15.0. The molecule has 0 aliphatic carbocycles. The van der Waals surface area contributed by atoms with E-state index in [1.165, 1.54) is 43.5 Å². The van der Waals surface area contributed by atoms with Crippen molar-refractivity contribution >= 4 is 17.9 Å². The molecule has 0 spiro atoms. The van der Waals surface area contributed by atoms with Gasteiger partial charge in [-0.15, -0.1) is 0 Å². The van der Waals surface area contributed by atoms with E-state index in [0.29, 0.717) is 28.2 Å². The Kier molecular flexibility index (Phi) is 5.75. The summed E-state index contributed by atoms with van der Waals surface area (Å²) in [5.41, 5.74) is 1.71. The van der Waals surface area contributed by atoms with Crippen LogP contribution in [-0.2, 0) is 16.1 Å². The Balaban J connectivity index is 1.58. The van der Waals surface area contributed by atoms with Crippen LogP contribution in [0.3, 0.4) is 0 Å². The first-order valence-corrected chi connectivity index (χ1v) is 9.35. The van der Waals surface area contributed by atoms with Crippen molar-refractivity contribution in [3.05, 3.63) is 101 Å². The minimum Gasteiger partial charge on any atom is -0.493 e. The molecule has 5 nitrogen and oxygen atoms in total. The quantitative estimate of drug-likeness (QED) is 0.420. The minimum absolute atomic E-state index is 0.0341. The fourth-order valence-corrected chi connectivity index (χ4v) is 3.00. The lowest BCUT2D eigenvalue weighted by atomic mass is 10.1. The molecule has 0 bridgehead atoms. The monoisotopic (exact) mass is 421 g/mol. The molecule has 1 heterocycles. The van der Waals surface area contributed by atoms with Gasteiger partial charge in [-0.25, -0.2) is 18.6 Å². The van der Waals surface area contributed by atoms with Crippen LogP contribution in [0.25, 0.3) is 6.08 Å². The molecular weight excluding hydrogens is 404 g/mol. The van der Waals surface area contributed by atoms with Crippen LogP contribution in [0, 0.1) is 11.6 Å². The summed E-state index contributed by atoms with van der Waals surface area (Å²) in [7, 11) is 1.51. The average molecular weight is 421 g/mol. The van der Waals surface area contributed by atoms with Gasteiger partial charge < -0.3 is 14.2 Å². The Bertz CT molecular complexity index is 1200. The van der Waals surface area contributed by atoms with Crippen molar-refractivity contribution in [2.24, 2.45) is 4.99 Å². The number of halogens is 2. The number of cyclic esters (lactones) is 1. The molecule has 31 heavy (non-hydrogen) atoms.